The molecule has 104 valence electrons. The molecule has 6 heteroatoms. The van der Waals surface area contributed by atoms with Crippen LogP contribution in [0.25, 0.3) is 0 Å². The van der Waals surface area contributed by atoms with Crippen molar-refractivity contribution in [2.75, 3.05) is 11.5 Å². The first kappa shape index (κ1) is 16.0. The zero-order valence-corrected chi connectivity index (χ0v) is 11.9. The Bertz CT molecular complexity index is 559. The van der Waals surface area contributed by atoms with Crippen molar-refractivity contribution in [2.24, 2.45) is 0 Å². The lowest BCUT2D eigenvalue weighted by Gasteiger charge is -1.94. The Balaban J connectivity index is 0.000000217. The van der Waals surface area contributed by atoms with Crippen LogP contribution in [0.2, 0.25) is 0 Å². The maximum Gasteiger partial charge on any atom is 0.252 e. The van der Waals surface area contributed by atoms with Crippen molar-refractivity contribution in [1.29, 1.82) is 0 Å². The van der Waals surface area contributed by atoms with Gasteiger partial charge < -0.3 is 11.5 Å². The molecular weight excluding hydrogens is 299 g/mol. The summed E-state index contributed by atoms with van der Waals surface area (Å²) in [6, 6.07) is 13.0. The van der Waals surface area contributed by atoms with Gasteiger partial charge in [-0.15, -0.1) is 0 Å². The van der Waals surface area contributed by atoms with Gasteiger partial charge in [-0.3, -0.25) is 9.59 Å². The molecule has 0 atom stereocenters. The second kappa shape index (κ2) is 7.53. The molecule has 0 spiro atoms. The molecule has 0 unspecified atom stereocenters. The van der Waals surface area contributed by atoms with Crippen LogP contribution in [0.3, 0.4) is 0 Å². The van der Waals surface area contributed by atoms with E-state index in [0.717, 1.165) is 0 Å². The quantitative estimate of drug-likeness (QED) is 0.658. The van der Waals surface area contributed by atoms with Crippen LogP contribution in [0.4, 0.5) is 11.4 Å². The van der Waals surface area contributed by atoms with Crippen LogP contribution in [-0.4, -0.2) is 10.5 Å². The van der Waals surface area contributed by atoms with Crippen LogP contribution in [0.1, 0.15) is 20.7 Å². The summed E-state index contributed by atoms with van der Waals surface area (Å²) in [5.41, 5.74) is 12.8. The molecule has 0 aliphatic rings. The summed E-state index contributed by atoms with van der Waals surface area (Å²) < 4.78 is 0. The average molecular weight is 311 g/mol. The second-order valence-corrected chi connectivity index (χ2v) is 4.44. The molecule has 20 heavy (non-hydrogen) atoms. The van der Waals surface area contributed by atoms with Crippen LogP contribution in [0.5, 0.6) is 0 Å². The van der Waals surface area contributed by atoms with Gasteiger partial charge in [-0.1, -0.05) is 12.1 Å². The molecule has 0 aliphatic carbocycles. The number of halogens is 2. The van der Waals surface area contributed by atoms with Crippen molar-refractivity contribution in [3.8, 4) is 0 Å². The highest BCUT2D eigenvalue weighted by molar-refractivity contribution is 6.68. The largest absolute Gasteiger partial charge is 0.397 e. The maximum absolute atomic E-state index is 10.6. The lowest BCUT2D eigenvalue weighted by molar-refractivity contribution is 0.107. The minimum absolute atomic E-state index is 0.346. The number of rotatable bonds is 2. The molecule has 2 aromatic carbocycles. The third-order valence-corrected chi connectivity index (χ3v) is 2.77. The number of carbonyl (C=O) groups is 2. The van der Waals surface area contributed by atoms with Gasteiger partial charge in [0.25, 0.3) is 10.5 Å². The second-order valence-electron chi connectivity index (χ2n) is 3.75. The van der Waals surface area contributed by atoms with Crippen molar-refractivity contribution >= 4 is 45.1 Å². The summed E-state index contributed by atoms with van der Waals surface area (Å²) in [7, 11) is 0. The summed E-state index contributed by atoms with van der Waals surface area (Å²) in [4.78, 5) is 21.1. The van der Waals surface area contributed by atoms with Gasteiger partial charge in [-0.25, -0.2) is 0 Å². The SMILES string of the molecule is Nc1ccccc1N.O=C(Cl)c1ccc(C(=O)Cl)cc1. The molecule has 2 aromatic rings. The van der Waals surface area contributed by atoms with Gasteiger partial charge in [0.1, 0.15) is 0 Å². The molecule has 0 aromatic heterocycles. The number of hydrogen-bond donors (Lipinski definition) is 2. The van der Waals surface area contributed by atoms with Crippen molar-refractivity contribution in [3.05, 3.63) is 59.7 Å². The Hall–Kier alpha value is -2.04. The molecule has 4 nitrogen and oxygen atoms in total. The molecular formula is C14H12Cl2N2O2. The predicted octanol–water partition coefficient (Wildman–Crippen LogP) is 3.30. The third kappa shape index (κ3) is 4.91. The summed E-state index contributed by atoms with van der Waals surface area (Å²) in [5, 5.41) is -1.10. The first-order valence-corrected chi connectivity index (χ1v) is 6.27. The van der Waals surface area contributed by atoms with E-state index in [2.05, 4.69) is 0 Å². The van der Waals surface area contributed by atoms with E-state index in [-0.39, 0.29) is 0 Å². The van der Waals surface area contributed by atoms with Gasteiger partial charge >= 0.3 is 0 Å². The van der Waals surface area contributed by atoms with Gasteiger partial charge in [0, 0.05) is 11.1 Å². The minimum Gasteiger partial charge on any atom is -0.397 e. The first-order chi connectivity index (χ1) is 9.41. The van der Waals surface area contributed by atoms with Gasteiger partial charge in [-0.2, -0.15) is 0 Å². The molecule has 0 saturated heterocycles. The summed E-state index contributed by atoms with van der Waals surface area (Å²) in [6.07, 6.45) is 0. The van der Waals surface area contributed by atoms with E-state index >= 15 is 0 Å². The Labute approximate surface area is 126 Å². The molecule has 0 amide bonds. The fourth-order valence-corrected chi connectivity index (χ4v) is 1.50. The predicted molar refractivity (Wildman–Crippen MR) is 82.1 cm³/mol. The molecule has 4 N–H and O–H groups in total. The highest BCUT2D eigenvalue weighted by atomic mass is 35.5. The zero-order valence-electron chi connectivity index (χ0n) is 10.3. The molecule has 0 bridgehead atoms. The Morgan fingerprint density at radius 3 is 1.20 bits per heavy atom. The number of nitrogen functional groups attached to an aromatic ring is 2. The van der Waals surface area contributed by atoms with Crippen LogP contribution in [0, 0.1) is 0 Å². The standard InChI is InChI=1S/C8H4Cl2O2.C6H8N2/c9-7(11)5-1-2-6(4-3-5)8(10)12;7-5-3-1-2-4-6(5)8/h1-4H;1-4H,7-8H2. The topological polar surface area (TPSA) is 86.2 Å². The molecule has 0 heterocycles. The van der Waals surface area contributed by atoms with E-state index in [9.17, 15) is 9.59 Å². The van der Waals surface area contributed by atoms with E-state index in [4.69, 9.17) is 34.7 Å². The van der Waals surface area contributed by atoms with Crippen molar-refractivity contribution in [2.45, 2.75) is 0 Å². The summed E-state index contributed by atoms with van der Waals surface area (Å²) in [5.74, 6) is 0. The normalized spacial score (nSPS) is 9.30. The lowest BCUT2D eigenvalue weighted by Crippen LogP contribution is -1.92. The Morgan fingerprint density at radius 2 is 1.00 bits per heavy atom. The number of benzene rings is 2. The van der Waals surface area contributed by atoms with Gasteiger partial charge in [0.05, 0.1) is 11.4 Å². The van der Waals surface area contributed by atoms with Crippen LogP contribution >= 0.6 is 23.2 Å². The molecule has 0 saturated carbocycles. The van der Waals surface area contributed by atoms with Gasteiger partial charge in [0.15, 0.2) is 0 Å². The monoisotopic (exact) mass is 310 g/mol. The van der Waals surface area contributed by atoms with E-state index in [0.29, 0.717) is 22.5 Å². The lowest BCUT2D eigenvalue weighted by atomic mass is 10.2. The summed E-state index contributed by atoms with van der Waals surface area (Å²) >= 11 is 10.4. The van der Waals surface area contributed by atoms with E-state index in [1.165, 1.54) is 24.3 Å². The smallest absolute Gasteiger partial charge is 0.252 e. The highest BCUT2D eigenvalue weighted by Gasteiger charge is 2.03. The van der Waals surface area contributed by atoms with Crippen molar-refractivity contribution in [3.63, 3.8) is 0 Å². The Kier molecular flexibility index (Phi) is 6.03. The van der Waals surface area contributed by atoms with Gasteiger partial charge in [0.2, 0.25) is 0 Å². The third-order valence-electron chi connectivity index (χ3n) is 2.33. The van der Waals surface area contributed by atoms with Crippen molar-refractivity contribution in [1.82, 2.24) is 0 Å². The molecule has 2 rings (SSSR count). The molecule has 0 radical (unpaired) electrons. The van der Waals surface area contributed by atoms with E-state index in [1.54, 1.807) is 12.1 Å². The number of carbonyl (C=O) groups excluding carboxylic acids is 2. The number of para-hydroxylation sites is 2. The van der Waals surface area contributed by atoms with Crippen molar-refractivity contribution < 1.29 is 9.59 Å². The Morgan fingerprint density at radius 1 is 0.700 bits per heavy atom. The maximum atomic E-state index is 10.6. The molecule has 0 fully saturated rings. The fraction of sp³-hybridized carbons (Fsp3) is 0. The van der Waals surface area contributed by atoms with Crippen LogP contribution in [-0.2, 0) is 0 Å². The summed E-state index contributed by atoms with van der Waals surface area (Å²) in [6.45, 7) is 0. The first-order valence-electron chi connectivity index (χ1n) is 5.51. The minimum atomic E-state index is -0.552. The average Bonchev–Trinajstić information content (AvgIpc) is 2.43. The van der Waals surface area contributed by atoms with Gasteiger partial charge in [-0.05, 0) is 59.6 Å². The van der Waals surface area contributed by atoms with E-state index in [1.807, 2.05) is 12.1 Å². The number of nitrogens with two attached hydrogens (primary N) is 2. The number of hydrogen-bond acceptors (Lipinski definition) is 4. The van der Waals surface area contributed by atoms with Crippen LogP contribution < -0.4 is 11.5 Å². The highest BCUT2D eigenvalue weighted by Crippen LogP contribution is 2.10. The fourth-order valence-electron chi connectivity index (χ4n) is 1.24. The van der Waals surface area contributed by atoms with Crippen LogP contribution in [0.15, 0.2) is 48.5 Å². The number of anilines is 2. The van der Waals surface area contributed by atoms with E-state index < -0.39 is 10.5 Å². The molecule has 0 aliphatic heterocycles. The zero-order chi connectivity index (χ0) is 15.1.